The van der Waals surface area contributed by atoms with Crippen molar-refractivity contribution in [2.45, 2.75) is 51.0 Å². The number of carbonyl (C=O) groups excluding carboxylic acids is 1. The standard InChI is InChI=1S/C21H27NO3S/c1-5-24-21(23)16(4)13-17-8-10-19(11-9-17)25-14-18-7-6-12-22-20(18)26-15(2)3/h6-12,15-16H,5,13-14H2,1-4H3. The highest BCUT2D eigenvalue weighted by atomic mass is 32.2. The minimum Gasteiger partial charge on any atom is -0.489 e. The molecule has 0 fully saturated rings. The molecule has 0 N–H and O–H groups in total. The van der Waals surface area contributed by atoms with Crippen LogP contribution in [0.25, 0.3) is 0 Å². The number of rotatable bonds is 9. The molecule has 2 aromatic rings. The molecule has 2 rings (SSSR count). The van der Waals surface area contributed by atoms with Crippen LogP contribution in [0.2, 0.25) is 0 Å². The van der Waals surface area contributed by atoms with Gasteiger partial charge in [-0.3, -0.25) is 4.79 Å². The molecular formula is C21H27NO3S. The van der Waals surface area contributed by atoms with Crippen molar-refractivity contribution in [3.8, 4) is 5.75 Å². The molecule has 0 aliphatic carbocycles. The molecule has 0 saturated heterocycles. The Morgan fingerprint density at radius 3 is 2.54 bits per heavy atom. The number of nitrogens with zero attached hydrogens (tertiary/aromatic N) is 1. The number of hydrogen-bond acceptors (Lipinski definition) is 5. The summed E-state index contributed by atoms with van der Waals surface area (Å²) >= 11 is 1.74. The van der Waals surface area contributed by atoms with Crippen molar-refractivity contribution in [3.63, 3.8) is 0 Å². The fourth-order valence-corrected chi connectivity index (χ4v) is 3.31. The number of pyridine rings is 1. The second-order valence-corrected chi connectivity index (χ2v) is 7.99. The van der Waals surface area contributed by atoms with Gasteiger partial charge in [-0.2, -0.15) is 0 Å². The Balaban J connectivity index is 1.93. The van der Waals surface area contributed by atoms with Crippen LogP contribution in [0.5, 0.6) is 5.75 Å². The van der Waals surface area contributed by atoms with Crippen LogP contribution in [0.15, 0.2) is 47.6 Å². The smallest absolute Gasteiger partial charge is 0.308 e. The van der Waals surface area contributed by atoms with Crippen LogP contribution >= 0.6 is 11.8 Å². The topological polar surface area (TPSA) is 48.4 Å². The van der Waals surface area contributed by atoms with Crippen LogP contribution in [0.4, 0.5) is 0 Å². The van der Waals surface area contributed by atoms with E-state index in [0.29, 0.717) is 24.9 Å². The van der Waals surface area contributed by atoms with Crippen LogP contribution in [-0.4, -0.2) is 22.8 Å². The molecule has 0 aliphatic rings. The molecule has 0 bridgehead atoms. The van der Waals surface area contributed by atoms with Crippen LogP contribution < -0.4 is 4.74 Å². The lowest BCUT2D eigenvalue weighted by Crippen LogP contribution is -2.16. The Labute approximate surface area is 160 Å². The first-order valence-corrected chi connectivity index (χ1v) is 9.86. The summed E-state index contributed by atoms with van der Waals surface area (Å²) in [5.74, 6) is 0.509. The fraction of sp³-hybridized carbons (Fsp3) is 0.429. The maximum absolute atomic E-state index is 11.7. The van der Waals surface area contributed by atoms with Gasteiger partial charge in [0.1, 0.15) is 17.4 Å². The van der Waals surface area contributed by atoms with Gasteiger partial charge in [0.2, 0.25) is 0 Å². The number of aromatic nitrogens is 1. The van der Waals surface area contributed by atoms with Gasteiger partial charge < -0.3 is 9.47 Å². The molecule has 0 amide bonds. The third-order valence-electron chi connectivity index (χ3n) is 3.75. The Hall–Kier alpha value is -2.01. The highest BCUT2D eigenvalue weighted by Gasteiger charge is 2.14. The molecule has 1 atom stereocenters. The highest BCUT2D eigenvalue weighted by molar-refractivity contribution is 7.99. The predicted octanol–water partition coefficient (Wildman–Crippen LogP) is 4.90. The summed E-state index contributed by atoms with van der Waals surface area (Å²) in [6.45, 7) is 8.92. The molecule has 1 unspecified atom stereocenters. The predicted molar refractivity (Wildman–Crippen MR) is 106 cm³/mol. The van der Waals surface area contributed by atoms with Crippen LogP contribution in [0, 0.1) is 5.92 Å². The zero-order valence-electron chi connectivity index (χ0n) is 15.9. The Kier molecular flexibility index (Phi) is 7.98. The number of carbonyl (C=O) groups is 1. The largest absolute Gasteiger partial charge is 0.489 e. The fourth-order valence-electron chi connectivity index (χ4n) is 2.47. The van der Waals surface area contributed by atoms with Gasteiger partial charge in [0.05, 0.1) is 12.5 Å². The molecule has 0 saturated carbocycles. The average Bonchev–Trinajstić information content (AvgIpc) is 2.62. The van der Waals surface area contributed by atoms with Crippen LogP contribution in [0.1, 0.15) is 38.8 Å². The van der Waals surface area contributed by atoms with Crippen molar-refractivity contribution in [1.29, 1.82) is 0 Å². The van der Waals surface area contributed by atoms with E-state index in [1.165, 1.54) is 0 Å². The second-order valence-electron chi connectivity index (χ2n) is 6.42. The zero-order valence-corrected chi connectivity index (χ0v) is 16.7. The van der Waals surface area contributed by atoms with Gasteiger partial charge in [-0.25, -0.2) is 4.98 Å². The van der Waals surface area contributed by atoms with Crippen LogP contribution in [0.3, 0.4) is 0 Å². The van der Waals surface area contributed by atoms with E-state index in [-0.39, 0.29) is 11.9 Å². The summed E-state index contributed by atoms with van der Waals surface area (Å²) in [5, 5.41) is 1.49. The Morgan fingerprint density at radius 1 is 1.15 bits per heavy atom. The van der Waals surface area contributed by atoms with E-state index in [9.17, 15) is 4.79 Å². The molecule has 0 radical (unpaired) electrons. The van der Waals surface area contributed by atoms with Gasteiger partial charge in [0.25, 0.3) is 0 Å². The molecule has 5 heteroatoms. The monoisotopic (exact) mass is 373 g/mol. The van der Waals surface area contributed by atoms with Gasteiger partial charge in [0, 0.05) is 17.0 Å². The molecule has 140 valence electrons. The lowest BCUT2D eigenvalue weighted by atomic mass is 10.0. The first-order chi connectivity index (χ1) is 12.5. The van der Waals surface area contributed by atoms with E-state index in [2.05, 4.69) is 18.8 Å². The third kappa shape index (κ3) is 6.37. The first-order valence-electron chi connectivity index (χ1n) is 8.98. The summed E-state index contributed by atoms with van der Waals surface area (Å²) in [7, 11) is 0. The van der Waals surface area contributed by atoms with E-state index in [1.54, 1.807) is 11.8 Å². The Bertz CT molecular complexity index is 701. The van der Waals surface area contributed by atoms with E-state index >= 15 is 0 Å². The Morgan fingerprint density at radius 2 is 1.88 bits per heavy atom. The van der Waals surface area contributed by atoms with Crippen molar-refractivity contribution in [3.05, 3.63) is 53.7 Å². The number of hydrogen-bond donors (Lipinski definition) is 0. The van der Waals surface area contributed by atoms with E-state index in [1.807, 2.05) is 56.4 Å². The van der Waals surface area contributed by atoms with Crippen molar-refractivity contribution < 1.29 is 14.3 Å². The summed E-state index contributed by atoms with van der Waals surface area (Å²) in [4.78, 5) is 16.2. The molecule has 0 spiro atoms. The summed E-state index contributed by atoms with van der Waals surface area (Å²) in [5.41, 5.74) is 2.18. The quantitative estimate of drug-likeness (QED) is 0.462. The summed E-state index contributed by atoms with van der Waals surface area (Å²) in [6.07, 6.45) is 2.48. The normalized spacial score (nSPS) is 12.0. The molecule has 1 heterocycles. The lowest BCUT2D eigenvalue weighted by Gasteiger charge is -2.13. The van der Waals surface area contributed by atoms with Gasteiger partial charge in [-0.1, -0.05) is 39.0 Å². The minimum atomic E-state index is -0.153. The molecule has 1 aromatic carbocycles. The van der Waals surface area contributed by atoms with E-state index < -0.39 is 0 Å². The van der Waals surface area contributed by atoms with Crippen molar-refractivity contribution in [2.75, 3.05) is 6.61 Å². The SMILES string of the molecule is CCOC(=O)C(C)Cc1ccc(OCc2cccnc2SC(C)C)cc1. The summed E-state index contributed by atoms with van der Waals surface area (Å²) < 4.78 is 11.0. The van der Waals surface area contributed by atoms with E-state index in [0.717, 1.165) is 21.9 Å². The molecular weight excluding hydrogens is 346 g/mol. The summed E-state index contributed by atoms with van der Waals surface area (Å²) in [6, 6.07) is 11.9. The molecule has 26 heavy (non-hydrogen) atoms. The third-order valence-corrected chi connectivity index (χ3v) is 4.81. The average molecular weight is 374 g/mol. The van der Waals surface area contributed by atoms with Crippen LogP contribution in [-0.2, 0) is 22.6 Å². The number of thioether (sulfide) groups is 1. The molecule has 1 aromatic heterocycles. The first kappa shape index (κ1) is 20.3. The van der Waals surface area contributed by atoms with Gasteiger partial charge in [-0.05, 0) is 37.1 Å². The number of esters is 1. The van der Waals surface area contributed by atoms with Gasteiger partial charge >= 0.3 is 5.97 Å². The zero-order chi connectivity index (χ0) is 18.9. The molecule has 4 nitrogen and oxygen atoms in total. The van der Waals surface area contributed by atoms with E-state index in [4.69, 9.17) is 9.47 Å². The number of benzene rings is 1. The van der Waals surface area contributed by atoms with Gasteiger partial charge in [-0.15, -0.1) is 11.8 Å². The number of ether oxygens (including phenoxy) is 2. The van der Waals surface area contributed by atoms with Gasteiger partial charge in [0.15, 0.2) is 0 Å². The maximum Gasteiger partial charge on any atom is 0.308 e. The lowest BCUT2D eigenvalue weighted by molar-refractivity contribution is -0.147. The highest BCUT2D eigenvalue weighted by Crippen LogP contribution is 2.25. The van der Waals surface area contributed by atoms with Crippen molar-refractivity contribution >= 4 is 17.7 Å². The van der Waals surface area contributed by atoms with Crippen molar-refractivity contribution in [2.24, 2.45) is 5.92 Å². The molecule has 0 aliphatic heterocycles. The van der Waals surface area contributed by atoms with Crippen molar-refractivity contribution in [1.82, 2.24) is 4.98 Å². The second kappa shape index (κ2) is 10.2. The minimum absolute atomic E-state index is 0.146. The maximum atomic E-state index is 11.7.